The van der Waals surface area contributed by atoms with E-state index in [9.17, 15) is 0 Å². The number of thiazole rings is 1. The molecule has 2 heterocycles. The molecule has 4 nitrogen and oxygen atoms in total. The van der Waals surface area contributed by atoms with Crippen molar-refractivity contribution in [1.29, 1.82) is 0 Å². The van der Waals surface area contributed by atoms with Gasteiger partial charge in [-0.05, 0) is 0 Å². The summed E-state index contributed by atoms with van der Waals surface area (Å²) in [7, 11) is 0. The van der Waals surface area contributed by atoms with Gasteiger partial charge in [-0.15, -0.1) is 21.5 Å². The third-order valence-corrected chi connectivity index (χ3v) is 2.95. The van der Waals surface area contributed by atoms with Crippen LogP contribution in [0.3, 0.4) is 0 Å². The van der Waals surface area contributed by atoms with E-state index in [0.29, 0.717) is 0 Å². The first-order valence-electron chi connectivity index (χ1n) is 3.83. The molecule has 2 rings (SSSR count). The zero-order chi connectivity index (χ0) is 8.93. The lowest BCUT2D eigenvalue weighted by molar-refractivity contribution is 0.979. The van der Waals surface area contributed by atoms with Gasteiger partial charge in [-0.25, -0.2) is 4.98 Å². The zero-order valence-electron chi connectivity index (χ0n) is 6.80. The second-order valence-corrected chi connectivity index (χ2v) is 4.16. The summed E-state index contributed by atoms with van der Waals surface area (Å²) < 4.78 is 0. The van der Waals surface area contributed by atoms with Crippen molar-refractivity contribution in [2.24, 2.45) is 0 Å². The van der Waals surface area contributed by atoms with Crippen molar-refractivity contribution in [3.8, 4) is 0 Å². The molecule has 6 heteroatoms. The summed E-state index contributed by atoms with van der Waals surface area (Å²) in [5.41, 5.74) is 1.71. The predicted molar refractivity (Wildman–Crippen MR) is 54.2 cm³/mol. The van der Waals surface area contributed by atoms with Crippen LogP contribution in [-0.4, -0.2) is 21.7 Å². The highest BCUT2D eigenvalue weighted by Crippen LogP contribution is 2.09. The Morgan fingerprint density at radius 1 is 1.38 bits per heavy atom. The lowest BCUT2D eigenvalue weighted by atomic mass is 10.4. The minimum Gasteiger partial charge on any atom is -0.360 e. The molecule has 0 aliphatic carbocycles. The number of nitrogens with zero attached hydrogens (tertiary/aromatic N) is 3. The van der Waals surface area contributed by atoms with Gasteiger partial charge in [-0.2, -0.15) is 0 Å². The molecule has 2 aromatic heterocycles. The van der Waals surface area contributed by atoms with Crippen LogP contribution < -0.4 is 5.32 Å². The quantitative estimate of drug-likeness (QED) is 0.837. The maximum absolute atomic E-state index is 4.18. The van der Waals surface area contributed by atoms with Gasteiger partial charge in [-0.1, -0.05) is 11.3 Å². The molecule has 0 fully saturated rings. The van der Waals surface area contributed by atoms with Crippen molar-refractivity contribution in [1.82, 2.24) is 15.2 Å². The van der Waals surface area contributed by atoms with Crippen LogP contribution in [0.2, 0.25) is 0 Å². The molecule has 0 saturated carbocycles. The van der Waals surface area contributed by atoms with E-state index < -0.39 is 0 Å². The molecule has 0 aliphatic rings. The summed E-state index contributed by atoms with van der Waals surface area (Å²) in [6.45, 7) is 0.864. The number of nitrogens with one attached hydrogen (secondary N) is 1. The molecular formula is C7H8N4S2. The van der Waals surface area contributed by atoms with Gasteiger partial charge in [0.05, 0.1) is 5.01 Å². The predicted octanol–water partition coefficient (Wildman–Crippen LogP) is 1.65. The highest BCUT2D eigenvalue weighted by molar-refractivity contribution is 7.13. The molecule has 0 aromatic carbocycles. The zero-order valence-corrected chi connectivity index (χ0v) is 8.44. The molecule has 0 unspecified atom stereocenters. The second kappa shape index (κ2) is 4.29. The Morgan fingerprint density at radius 3 is 3.08 bits per heavy atom. The van der Waals surface area contributed by atoms with Crippen LogP contribution in [0.5, 0.6) is 0 Å². The maximum atomic E-state index is 4.18. The van der Waals surface area contributed by atoms with E-state index in [2.05, 4.69) is 20.5 Å². The van der Waals surface area contributed by atoms with Crippen LogP contribution in [-0.2, 0) is 6.42 Å². The summed E-state index contributed by atoms with van der Waals surface area (Å²) in [4.78, 5) is 4.18. The fourth-order valence-electron chi connectivity index (χ4n) is 0.903. The molecule has 0 radical (unpaired) electrons. The van der Waals surface area contributed by atoms with Gasteiger partial charge in [-0.3, -0.25) is 0 Å². The summed E-state index contributed by atoms with van der Waals surface area (Å²) in [6, 6.07) is 0. The van der Waals surface area contributed by atoms with E-state index in [-0.39, 0.29) is 0 Å². The Morgan fingerprint density at radius 2 is 2.38 bits per heavy atom. The molecule has 1 N–H and O–H groups in total. The number of aromatic nitrogens is 3. The Labute approximate surface area is 83.7 Å². The van der Waals surface area contributed by atoms with Crippen molar-refractivity contribution < 1.29 is 0 Å². The van der Waals surface area contributed by atoms with Gasteiger partial charge in [0, 0.05) is 24.5 Å². The topological polar surface area (TPSA) is 50.7 Å². The van der Waals surface area contributed by atoms with Crippen molar-refractivity contribution in [2.75, 3.05) is 11.9 Å². The van der Waals surface area contributed by atoms with Gasteiger partial charge in [0.25, 0.3) is 0 Å². The van der Waals surface area contributed by atoms with Gasteiger partial charge in [0.1, 0.15) is 5.51 Å². The Balaban J connectivity index is 1.76. The molecule has 0 amide bonds. The normalized spacial score (nSPS) is 10.2. The van der Waals surface area contributed by atoms with Gasteiger partial charge in [0.2, 0.25) is 5.13 Å². The van der Waals surface area contributed by atoms with E-state index in [1.54, 1.807) is 16.8 Å². The van der Waals surface area contributed by atoms with E-state index in [1.807, 2.05) is 11.6 Å². The lowest BCUT2D eigenvalue weighted by Gasteiger charge is -1.97. The lowest BCUT2D eigenvalue weighted by Crippen LogP contribution is -2.04. The maximum Gasteiger partial charge on any atom is 0.205 e. The van der Waals surface area contributed by atoms with Crippen molar-refractivity contribution in [3.63, 3.8) is 0 Å². The highest BCUT2D eigenvalue weighted by Gasteiger charge is 1.97. The van der Waals surface area contributed by atoms with E-state index in [1.165, 1.54) is 11.3 Å². The Hall–Kier alpha value is -1.01. The monoisotopic (exact) mass is 212 g/mol. The molecule has 0 atom stereocenters. The minimum atomic E-state index is 0.864. The van der Waals surface area contributed by atoms with Gasteiger partial charge >= 0.3 is 0 Å². The number of hydrogen-bond donors (Lipinski definition) is 1. The molecule has 0 aliphatic heterocycles. The summed E-state index contributed by atoms with van der Waals surface area (Å²) in [5.74, 6) is 0. The van der Waals surface area contributed by atoms with Gasteiger partial charge < -0.3 is 5.32 Å². The SMILES string of the molecule is c1csc(CCNc2nncs2)n1. The number of anilines is 1. The van der Waals surface area contributed by atoms with Crippen LogP contribution >= 0.6 is 22.7 Å². The molecule has 13 heavy (non-hydrogen) atoms. The first-order chi connectivity index (χ1) is 6.45. The third kappa shape index (κ3) is 2.46. The first-order valence-corrected chi connectivity index (χ1v) is 5.59. The highest BCUT2D eigenvalue weighted by atomic mass is 32.1. The van der Waals surface area contributed by atoms with Crippen molar-refractivity contribution >= 4 is 27.8 Å². The minimum absolute atomic E-state index is 0.864. The van der Waals surface area contributed by atoms with E-state index in [4.69, 9.17) is 0 Å². The summed E-state index contributed by atoms with van der Waals surface area (Å²) in [6.07, 6.45) is 2.77. The molecule has 0 spiro atoms. The second-order valence-electron chi connectivity index (χ2n) is 2.35. The number of rotatable bonds is 4. The molecular weight excluding hydrogens is 204 g/mol. The van der Waals surface area contributed by atoms with Crippen molar-refractivity contribution in [3.05, 3.63) is 22.1 Å². The van der Waals surface area contributed by atoms with E-state index >= 15 is 0 Å². The third-order valence-electron chi connectivity index (χ3n) is 1.46. The van der Waals surface area contributed by atoms with Crippen molar-refractivity contribution in [2.45, 2.75) is 6.42 Å². The largest absolute Gasteiger partial charge is 0.360 e. The Bertz CT molecular complexity index is 295. The first kappa shape index (κ1) is 8.58. The molecule has 0 saturated heterocycles. The van der Waals surface area contributed by atoms with Crippen LogP contribution in [0, 0.1) is 0 Å². The smallest absolute Gasteiger partial charge is 0.205 e. The molecule has 2 aromatic rings. The fourth-order valence-corrected chi connectivity index (χ4v) is 2.00. The van der Waals surface area contributed by atoms with Crippen LogP contribution in [0.4, 0.5) is 5.13 Å². The average Bonchev–Trinajstić information content (AvgIpc) is 2.75. The Kier molecular flexibility index (Phi) is 2.83. The fraction of sp³-hybridized carbons (Fsp3) is 0.286. The van der Waals surface area contributed by atoms with E-state index in [0.717, 1.165) is 23.1 Å². The summed E-state index contributed by atoms with van der Waals surface area (Å²) >= 11 is 3.19. The average molecular weight is 212 g/mol. The number of hydrogen-bond acceptors (Lipinski definition) is 6. The summed E-state index contributed by atoms with van der Waals surface area (Å²) in [5, 5.41) is 14.8. The van der Waals surface area contributed by atoms with Gasteiger partial charge in [0.15, 0.2) is 0 Å². The standard InChI is InChI=1S/C7H8N4S2/c1(6-8-3-4-12-6)2-9-7-11-10-5-13-7/h3-5H,1-2H2,(H,9,11). The van der Waals surface area contributed by atoms with Crippen LogP contribution in [0.1, 0.15) is 5.01 Å². The molecule has 68 valence electrons. The van der Waals surface area contributed by atoms with Crippen LogP contribution in [0.25, 0.3) is 0 Å². The van der Waals surface area contributed by atoms with Crippen LogP contribution in [0.15, 0.2) is 17.1 Å². The molecule has 0 bridgehead atoms.